The van der Waals surface area contributed by atoms with Crippen molar-refractivity contribution in [3.05, 3.63) is 47.5 Å². The third-order valence-corrected chi connectivity index (χ3v) is 2.84. The van der Waals surface area contributed by atoms with Crippen LogP contribution in [0.5, 0.6) is 0 Å². The van der Waals surface area contributed by atoms with Crippen molar-refractivity contribution in [2.75, 3.05) is 13.2 Å². The number of hydrogen-bond acceptors (Lipinski definition) is 3. The summed E-state index contributed by atoms with van der Waals surface area (Å²) in [5.41, 5.74) is -0.194. The normalized spacial score (nSPS) is 21.4. The second-order valence-corrected chi connectivity index (χ2v) is 4.22. The Morgan fingerprint density at radius 1 is 1.25 bits per heavy atom. The maximum Gasteiger partial charge on any atom is 0.184 e. The average molecular weight is 275 g/mol. The topological polar surface area (TPSA) is 42.2 Å². The number of ether oxygens (including phenoxy) is 2. The van der Waals surface area contributed by atoms with Gasteiger partial charge in [0.1, 0.15) is 11.6 Å². The Morgan fingerprint density at radius 3 is 2.35 bits per heavy atom. The molecule has 5 heteroatoms. The zero-order chi connectivity index (χ0) is 14.5. The molecule has 1 fully saturated rings. The van der Waals surface area contributed by atoms with E-state index in [2.05, 4.69) is 12.5 Å². The summed E-state index contributed by atoms with van der Waals surface area (Å²) >= 11 is 0. The Bertz CT molecular complexity index is 594. The molecule has 1 aromatic carbocycles. The van der Waals surface area contributed by atoms with Crippen molar-refractivity contribution in [2.45, 2.75) is 6.29 Å². The molecule has 0 spiro atoms. The average Bonchev–Trinajstić information content (AvgIpc) is 2.46. The van der Waals surface area contributed by atoms with E-state index < -0.39 is 23.5 Å². The van der Waals surface area contributed by atoms with Crippen LogP contribution in [0.25, 0.3) is 0 Å². The second-order valence-electron chi connectivity index (χ2n) is 4.22. The van der Waals surface area contributed by atoms with Crippen molar-refractivity contribution >= 4 is 0 Å². The Balaban J connectivity index is 2.23. The van der Waals surface area contributed by atoms with Gasteiger partial charge in [-0.2, -0.15) is 5.26 Å². The van der Waals surface area contributed by atoms with Gasteiger partial charge in [0.2, 0.25) is 0 Å². The van der Waals surface area contributed by atoms with E-state index in [0.29, 0.717) is 13.2 Å². The molecule has 1 aliphatic heterocycles. The SMILES string of the molecule is C=CC1COC(c2cc(F)c(C#CC#N)c(F)c2)OC1. The molecular formula is C15H11F2NO2. The number of halogens is 2. The molecule has 0 bridgehead atoms. The van der Waals surface area contributed by atoms with E-state index in [4.69, 9.17) is 14.7 Å². The lowest BCUT2D eigenvalue weighted by molar-refractivity contribution is -0.197. The largest absolute Gasteiger partial charge is 0.348 e. The van der Waals surface area contributed by atoms with E-state index in [1.165, 1.54) is 6.07 Å². The lowest BCUT2D eigenvalue weighted by Crippen LogP contribution is -2.25. The van der Waals surface area contributed by atoms with Crippen LogP contribution in [-0.4, -0.2) is 13.2 Å². The quantitative estimate of drug-likeness (QED) is 0.615. The van der Waals surface area contributed by atoms with Gasteiger partial charge >= 0.3 is 0 Å². The molecular weight excluding hydrogens is 264 g/mol. The fourth-order valence-electron chi connectivity index (χ4n) is 1.79. The Hall–Kier alpha value is -2.21. The summed E-state index contributed by atoms with van der Waals surface area (Å²) < 4.78 is 38.3. The third kappa shape index (κ3) is 3.03. The maximum atomic E-state index is 13.8. The Kier molecular flexibility index (Phi) is 4.47. The highest BCUT2D eigenvalue weighted by Crippen LogP contribution is 2.27. The maximum absolute atomic E-state index is 13.8. The van der Waals surface area contributed by atoms with Crippen molar-refractivity contribution in [2.24, 2.45) is 5.92 Å². The molecule has 1 aliphatic rings. The van der Waals surface area contributed by atoms with Crippen LogP contribution in [0, 0.1) is 40.7 Å². The number of benzene rings is 1. The standard InChI is InChI=1S/C15H11F2NO2/c1-2-10-8-19-15(20-9-10)11-6-13(16)12(4-3-5-18)14(17)7-11/h2,6-7,10,15H,1,8-9H2. The molecule has 1 aromatic rings. The first kappa shape index (κ1) is 14.2. The monoisotopic (exact) mass is 275 g/mol. The van der Waals surface area contributed by atoms with Crippen LogP contribution >= 0.6 is 0 Å². The van der Waals surface area contributed by atoms with Gasteiger partial charge in [-0.05, 0) is 18.1 Å². The molecule has 0 atom stereocenters. The van der Waals surface area contributed by atoms with Crippen molar-refractivity contribution < 1.29 is 18.3 Å². The summed E-state index contributed by atoms with van der Waals surface area (Å²) in [6.45, 7) is 4.39. The Morgan fingerprint density at radius 2 is 1.85 bits per heavy atom. The summed E-state index contributed by atoms with van der Waals surface area (Å²) in [4.78, 5) is 0. The van der Waals surface area contributed by atoms with Gasteiger partial charge in [-0.25, -0.2) is 8.78 Å². The minimum absolute atomic E-state index is 0.0710. The highest BCUT2D eigenvalue weighted by molar-refractivity contribution is 5.41. The van der Waals surface area contributed by atoms with Crippen LogP contribution in [0.1, 0.15) is 17.4 Å². The number of nitrogens with zero attached hydrogens (tertiary/aromatic N) is 1. The van der Waals surface area contributed by atoms with Crippen LogP contribution < -0.4 is 0 Å². The number of nitriles is 1. The van der Waals surface area contributed by atoms with E-state index in [-0.39, 0.29) is 11.5 Å². The molecule has 0 amide bonds. The van der Waals surface area contributed by atoms with Crippen LogP contribution in [0.4, 0.5) is 8.78 Å². The smallest absolute Gasteiger partial charge is 0.184 e. The van der Waals surface area contributed by atoms with Gasteiger partial charge in [-0.1, -0.05) is 6.08 Å². The first-order valence-electron chi connectivity index (χ1n) is 5.90. The highest BCUT2D eigenvalue weighted by Gasteiger charge is 2.23. The molecule has 0 saturated carbocycles. The van der Waals surface area contributed by atoms with E-state index in [1.807, 2.05) is 5.92 Å². The minimum atomic E-state index is -0.846. The first-order valence-corrected chi connectivity index (χ1v) is 5.90. The second kappa shape index (κ2) is 6.29. The number of rotatable bonds is 2. The first-order chi connectivity index (χ1) is 9.65. The van der Waals surface area contributed by atoms with Crippen molar-refractivity contribution in [1.82, 2.24) is 0 Å². The molecule has 20 heavy (non-hydrogen) atoms. The van der Waals surface area contributed by atoms with Gasteiger partial charge in [0, 0.05) is 17.4 Å². The van der Waals surface area contributed by atoms with E-state index >= 15 is 0 Å². The lowest BCUT2D eigenvalue weighted by atomic mass is 10.1. The summed E-state index contributed by atoms with van der Waals surface area (Å²) in [6, 6.07) is 3.71. The fraction of sp³-hybridized carbons (Fsp3) is 0.267. The van der Waals surface area contributed by atoms with Gasteiger partial charge in [0.25, 0.3) is 0 Å². The molecule has 0 aromatic heterocycles. The minimum Gasteiger partial charge on any atom is -0.348 e. The van der Waals surface area contributed by atoms with Crippen molar-refractivity contribution in [3.63, 3.8) is 0 Å². The van der Waals surface area contributed by atoms with Gasteiger partial charge in [-0.3, -0.25) is 0 Å². The molecule has 0 aliphatic carbocycles. The van der Waals surface area contributed by atoms with Crippen molar-refractivity contribution in [1.29, 1.82) is 5.26 Å². The molecule has 102 valence electrons. The van der Waals surface area contributed by atoms with Crippen LogP contribution in [0.3, 0.4) is 0 Å². The lowest BCUT2D eigenvalue weighted by Gasteiger charge is -2.28. The number of hydrogen-bond donors (Lipinski definition) is 0. The van der Waals surface area contributed by atoms with Gasteiger partial charge in [0.15, 0.2) is 12.4 Å². The summed E-state index contributed by atoms with van der Waals surface area (Å²) in [5.74, 6) is 2.46. The highest BCUT2D eigenvalue weighted by atomic mass is 19.1. The zero-order valence-corrected chi connectivity index (χ0v) is 10.5. The van der Waals surface area contributed by atoms with Gasteiger partial charge < -0.3 is 9.47 Å². The van der Waals surface area contributed by atoms with Gasteiger partial charge in [0.05, 0.1) is 18.8 Å². The Labute approximate surface area is 115 Å². The van der Waals surface area contributed by atoms with E-state index in [9.17, 15) is 8.78 Å². The van der Waals surface area contributed by atoms with Gasteiger partial charge in [-0.15, -0.1) is 6.58 Å². The van der Waals surface area contributed by atoms with E-state index in [1.54, 1.807) is 6.08 Å². The molecule has 0 radical (unpaired) electrons. The molecule has 1 saturated heterocycles. The summed E-state index contributed by atoms with van der Waals surface area (Å²) in [6.07, 6.45) is 0.894. The summed E-state index contributed by atoms with van der Waals surface area (Å²) in [5, 5.41) is 8.30. The van der Waals surface area contributed by atoms with E-state index in [0.717, 1.165) is 12.1 Å². The van der Waals surface area contributed by atoms with Crippen LogP contribution in [0.2, 0.25) is 0 Å². The van der Waals surface area contributed by atoms with Crippen molar-refractivity contribution in [3.8, 4) is 17.9 Å². The van der Waals surface area contributed by atoms with Crippen LogP contribution in [0.15, 0.2) is 24.8 Å². The third-order valence-electron chi connectivity index (χ3n) is 2.84. The fourth-order valence-corrected chi connectivity index (χ4v) is 1.79. The predicted octanol–water partition coefficient (Wildman–Crippen LogP) is 2.69. The molecule has 0 N–H and O–H groups in total. The zero-order valence-electron chi connectivity index (χ0n) is 10.5. The molecule has 0 unspecified atom stereocenters. The summed E-state index contributed by atoms with van der Waals surface area (Å²) in [7, 11) is 0. The molecule has 3 nitrogen and oxygen atoms in total. The molecule has 1 heterocycles. The predicted molar refractivity (Wildman–Crippen MR) is 67.2 cm³/mol. The van der Waals surface area contributed by atoms with Crippen LogP contribution in [-0.2, 0) is 9.47 Å². The molecule has 2 rings (SSSR count).